The highest BCUT2D eigenvalue weighted by Gasteiger charge is 2.32. The summed E-state index contributed by atoms with van der Waals surface area (Å²) in [7, 11) is 0. The zero-order chi connectivity index (χ0) is 21.8. The summed E-state index contributed by atoms with van der Waals surface area (Å²) in [6, 6.07) is 5.91. The molecular weight excluding hydrogens is 399 g/mol. The number of halogens is 1. The summed E-state index contributed by atoms with van der Waals surface area (Å²) in [5, 5.41) is 3.07. The van der Waals surface area contributed by atoms with Gasteiger partial charge in [0.05, 0.1) is 5.56 Å². The zero-order valence-electron chi connectivity index (χ0n) is 17.9. The largest absolute Gasteiger partial charge is 0.339 e. The van der Waals surface area contributed by atoms with Crippen molar-refractivity contribution in [3.05, 3.63) is 35.6 Å². The lowest BCUT2D eigenvalue weighted by Gasteiger charge is -2.38. The second kappa shape index (κ2) is 9.66. The van der Waals surface area contributed by atoms with E-state index < -0.39 is 5.82 Å². The van der Waals surface area contributed by atoms with Crippen molar-refractivity contribution >= 4 is 17.8 Å². The third-order valence-corrected chi connectivity index (χ3v) is 6.80. The molecular formula is C23H31FN4O3. The molecule has 0 spiro atoms. The molecule has 0 radical (unpaired) electrons. The number of benzene rings is 1. The first-order valence-corrected chi connectivity index (χ1v) is 11.4. The van der Waals surface area contributed by atoms with Crippen LogP contribution in [0.15, 0.2) is 24.3 Å². The second-order valence-corrected chi connectivity index (χ2v) is 8.79. The average Bonchev–Trinajstić information content (AvgIpc) is 3.34. The number of piperidine rings is 1. The van der Waals surface area contributed by atoms with Crippen LogP contribution in [0.5, 0.6) is 0 Å². The van der Waals surface area contributed by atoms with Crippen molar-refractivity contribution in [2.75, 3.05) is 39.3 Å². The van der Waals surface area contributed by atoms with E-state index in [1.807, 2.05) is 4.90 Å². The molecule has 4 amide bonds. The number of nitrogens with zero attached hydrogens (tertiary/aromatic N) is 3. The molecule has 3 aliphatic rings. The molecule has 8 heteroatoms. The van der Waals surface area contributed by atoms with Gasteiger partial charge in [-0.05, 0) is 37.8 Å². The summed E-state index contributed by atoms with van der Waals surface area (Å²) < 4.78 is 13.9. The zero-order valence-corrected chi connectivity index (χ0v) is 17.9. The van der Waals surface area contributed by atoms with Crippen LogP contribution in [-0.4, -0.2) is 77.9 Å². The number of hydrogen-bond acceptors (Lipinski definition) is 3. The van der Waals surface area contributed by atoms with Crippen molar-refractivity contribution in [3.8, 4) is 0 Å². The van der Waals surface area contributed by atoms with Crippen LogP contribution in [0, 0.1) is 11.7 Å². The summed E-state index contributed by atoms with van der Waals surface area (Å²) in [6.45, 7) is 3.27. The maximum absolute atomic E-state index is 13.9. The van der Waals surface area contributed by atoms with Gasteiger partial charge in [-0.15, -0.1) is 0 Å². The van der Waals surface area contributed by atoms with E-state index in [9.17, 15) is 18.8 Å². The summed E-state index contributed by atoms with van der Waals surface area (Å²) in [5.41, 5.74) is 0.0926. The van der Waals surface area contributed by atoms with Crippen LogP contribution in [0.25, 0.3) is 0 Å². The first-order valence-electron chi connectivity index (χ1n) is 11.4. The summed E-state index contributed by atoms with van der Waals surface area (Å²) in [4.78, 5) is 43.1. The molecule has 3 fully saturated rings. The minimum absolute atomic E-state index is 0.00433. The predicted octanol–water partition coefficient (Wildman–Crippen LogP) is 2.47. The molecule has 31 heavy (non-hydrogen) atoms. The van der Waals surface area contributed by atoms with Crippen molar-refractivity contribution in [1.82, 2.24) is 20.0 Å². The van der Waals surface area contributed by atoms with E-state index >= 15 is 0 Å². The van der Waals surface area contributed by atoms with E-state index in [-0.39, 0.29) is 35.4 Å². The van der Waals surface area contributed by atoms with Crippen molar-refractivity contribution in [1.29, 1.82) is 0 Å². The highest BCUT2D eigenvalue weighted by molar-refractivity contribution is 5.94. The van der Waals surface area contributed by atoms with Crippen LogP contribution >= 0.6 is 0 Å². The summed E-state index contributed by atoms with van der Waals surface area (Å²) in [5.74, 6) is -0.374. The van der Waals surface area contributed by atoms with Gasteiger partial charge >= 0.3 is 6.03 Å². The molecule has 1 N–H and O–H groups in total. The van der Waals surface area contributed by atoms with E-state index in [2.05, 4.69) is 5.32 Å². The molecule has 1 aromatic carbocycles. The van der Waals surface area contributed by atoms with Gasteiger partial charge < -0.3 is 20.0 Å². The molecule has 0 bridgehead atoms. The predicted molar refractivity (Wildman–Crippen MR) is 114 cm³/mol. The highest BCUT2D eigenvalue weighted by Crippen LogP contribution is 2.27. The van der Waals surface area contributed by atoms with Gasteiger partial charge in [-0.2, -0.15) is 0 Å². The fraction of sp³-hybridized carbons (Fsp3) is 0.609. The lowest BCUT2D eigenvalue weighted by Crippen LogP contribution is -2.56. The lowest BCUT2D eigenvalue weighted by molar-refractivity contribution is -0.136. The van der Waals surface area contributed by atoms with Crippen LogP contribution in [0.4, 0.5) is 9.18 Å². The first-order chi connectivity index (χ1) is 15.0. The van der Waals surface area contributed by atoms with Crippen molar-refractivity contribution in [2.24, 2.45) is 5.92 Å². The molecule has 1 saturated carbocycles. The highest BCUT2D eigenvalue weighted by atomic mass is 19.1. The number of carbonyl (C=O) groups excluding carboxylic acids is 3. The Morgan fingerprint density at radius 2 is 1.42 bits per heavy atom. The Hall–Kier alpha value is -2.64. The molecule has 0 atom stereocenters. The molecule has 2 aliphatic heterocycles. The first kappa shape index (κ1) is 21.6. The van der Waals surface area contributed by atoms with E-state index in [1.54, 1.807) is 21.9 Å². The number of amides is 4. The van der Waals surface area contributed by atoms with Gasteiger partial charge in [0, 0.05) is 51.2 Å². The van der Waals surface area contributed by atoms with Crippen molar-refractivity contribution in [2.45, 2.75) is 44.6 Å². The minimum atomic E-state index is -0.506. The number of hydrogen-bond donors (Lipinski definition) is 1. The van der Waals surface area contributed by atoms with Crippen LogP contribution in [0.1, 0.15) is 48.9 Å². The van der Waals surface area contributed by atoms with Gasteiger partial charge in [0.15, 0.2) is 0 Å². The van der Waals surface area contributed by atoms with Crippen molar-refractivity contribution in [3.63, 3.8) is 0 Å². The van der Waals surface area contributed by atoms with Crippen LogP contribution in [-0.2, 0) is 4.79 Å². The fourth-order valence-corrected chi connectivity index (χ4v) is 4.86. The molecule has 1 aromatic rings. The van der Waals surface area contributed by atoms with Gasteiger partial charge in [0.25, 0.3) is 5.91 Å². The molecule has 7 nitrogen and oxygen atoms in total. The molecule has 4 rings (SSSR count). The second-order valence-electron chi connectivity index (χ2n) is 8.79. The number of carbonyl (C=O) groups is 3. The Morgan fingerprint density at radius 3 is 2.06 bits per heavy atom. The SMILES string of the molecule is O=C(NC1CCN(C(=O)c2ccccc2F)CC1)N1CCN(C(=O)C2CCCC2)CC1. The molecule has 1 aliphatic carbocycles. The van der Waals surface area contributed by atoms with Crippen LogP contribution in [0.3, 0.4) is 0 Å². The van der Waals surface area contributed by atoms with Gasteiger partial charge in [-0.1, -0.05) is 25.0 Å². The normalized spacial score (nSPS) is 20.7. The third-order valence-electron chi connectivity index (χ3n) is 6.80. The smallest absolute Gasteiger partial charge is 0.317 e. The molecule has 0 aromatic heterocycles. The van der Waals surface area contributed by atoms with Crippen LogP contribution < -0.4 is 5.32 Å². The van der Waals surface area contributed by atoms with Crippen molar-refractivity contribution < 1.29 is 18.8 Å². The third kappa shape index (κ3) is 4.99. The molecule has 0 unspecified atom stereocenters. The maximum Gasteiger partial charge on any atom is 0.317 e. The molecule has 168 valence electrons. The number of urea groups is 1. The van der Waals surface area contributed by atoms with E-state index in [0.29, 0.717) is 52.1 Å². The number of nitrogens with one attached hydrogen (secondary N) is 1. The minimum Gasteiger partial charge on any atom is -0.339 e. The number of piperazine rings is 1. The Morgan fingerprint density at radius 1 is 0.806 bits per heavy atom. The Kier molecular flexibility index (Phi) is 6.73. The Balaban J connectivity index is 1.20. The van der Waals surface area contributed by atoms with Gasteiger partial charge in [-0.25, -0.2) is 9.18 Å². The number of rotatable bonds is 3. The summed E-state index contributed by atoms with van der Waals surface area (Å²) >= 11 is 0. The Bertz CT molecular complexity index is 811. The average molecular weight is 431 g/mol. The number of likely N-dealkylation sites (tertiary alicyclic amines) is 1. The maximum atomic E-state index is 13.9. The van der Waals surface area contributed by atoms with Gasteiger partial charge in [-0.3, -0.25) is 9.59 Å². The quantitative estimate of drug-likeness (QED) is 0.801. The van der Waals surface area contributed by atoms with E-state index in [1.165, 1.54) is 12.1 Å². The lowest BCUT2D eigenvalue weighted by atomic mass is 10.0. The summed E-state index contributed by atoms with van der Waals surface area (Å²) in [6.07, 6.45) is 5.57. The van der Waals surface area contributed by atoms with Gasteiger partial charge in [0.2, 0.25) is 5.91 Å². The van der Waals surface area contributed by atoms with E-state index in [4.69, 9.17) is 0 Å². The van der Waals surface area contributed by atoms with E-state index in [0.717, 1.165) is 25.7 Å². The topological polar surface area (TPSA) is 73.0 Å². The standard InChI is InChI=1S/C23H31FN4O3/c24-20-8-4-3-7-19(20)22(30)26-11-9-18(10-12-26)25-23(31)28-15-13-27(14-16-28)21(29)17-5-1-2-6-17/h3-4,7-8,17-18H,1-2,5-6,9-16H2,(H,25,31). The fourth-order valence-electron chi connectivity index (χ4n) is 4.86. The van der Waals surface area contributed by atoms with Gasteiger partial charge in [0.1, 0.15) is 5.82 Å². The Labute approximate surface area is 182 Å². The molecule has 2 heterocycles. The monoisotopic (exact) mass is 430 g/mol. The molecule has 2 saturated heterocycles. The van der Waals surface area contributed by atoms with Crippen LogP contribution in [0.2, 0.25) is 0 Å².